The lowest BCUT2D eigenvalue weighted by Gasteiger charge is -2.20. The van der Waals surface area contributed by atoms with Crippen LogP contribution in [0.25, 0.3) is 0 Å². The van der Waals surface area contributed by atoms with Gasteiger partial charge >= 0.3 is 0 Å². The first-order valence-corrected chi connectivity index (χ1v) is 8.45. The zero-order valence-electron chi connectivity index (χ0n) is 14.0. The number of hydrogen-bond donors (Lipinski definition) is 4. The van der Waals surface area contributed by atoms with Gasteiger partial charge in [-0.05, 0) is 18.1 Å². The predicted molar refractivity (Wildman–Crippen MR) is 89.6 cm³/mol. The van der Waals surface area contributed by atoms with Crippen LogP contribution in [0.3, 0.4) is 0 Å². The second kappa shape index (κ2) is 8.05. The number of carbonyl (C=O) groups is 2. The summed E-state index contributed by atoms with van der Waals surface area (Å²) in [5.41, 5.74) is -0.608. The first-order valence-electron chi connectivity index (χ1n) is 8.45. The average Bonchev–Trinajstić information content (AvgIpc) is 3.08. The predicted octanol–water partition coefficient (Wildman–Crippen LogP) is 0.643. The topological polar surface area (TPSA) is 103 Å². The highest BCUT2D eigenvalue weighted by Crippen LogP contribution is 2.17. The number of aromatic nitrogens is 2. The molecule has 2 amide bonds. The standard InChI is InChI=1S/C17H19F2N5O2/c18-11-2-1-3-12(19)14(11)16(25)23-13-9-22-24-15(13)17(26)21-8-10-4-6-20-7-5-10/h1-3,9-10,20H,4-8H2,(H,21,26)(H,22,24)(H,23,25)/p+1. The molecule has 1 aliphatic rings. The maximum Gasteiger partial charge on any atom is 0.271 e. The molecule has 1 aromatic carbocycles. The van der Waals surface area contributed by atoms with Crippen molar-refractivity contribution in [2.75, 3.05) is 25.0 Å². The van der Waals surface area contributed by atoms with Gasteiger partial charge in [-0.25, -0.2) is 8.78 Å². The molecule has 0 atom stereocenters. The fraction of sp³-hybridized carbons (Fsp3) is 0.353. The fourth-order valence-corrected chi connectivity index (χ4v) is 2.98. The molecule has 1 aliphatic heterocycles. The van der Waals surface area contributed by atoms with Gasteiger partial charge < -0.3 is 16.0 Å². The molecule has 9 heteroatoms. The number of aromatic amines is 1. The lowest BCUT2D eigenvalue weighted by Crippen LogP contribution is -2.86. The van der Waals surface area contributed by atoms with Crippen molar-refractivity contribution in [1.82, 2.24) is 15.5 Å². The third-order valence-corrected chi connectivity index (χ3v) is 4.41. The Labute approximate surface area is 148 Å². The van der Waals surface area contributed by atoms with Crippen LogP contribution >= 0.6 is 0 Å². The van der Waals surface area contributed by atoms with E-state index in [0.29, 0.717) is 12.5 Å². The van der Waals surface area contributed by atoms with Crippen molar-refractivity contribution in [2.24, 2.45) is 5.92 Å². The van der Waals surface area contributed by atoms with E-state index in [9.17, 15) is 18.4 Å². The molecule has 0 spiro atoms. The second-order valence-corrected chi connectivity index (χ2v) is 6.23. The number of H-pyrrole nitrogens is 1. The number of carbonyl (C=O) groups excluding carboxylic acids is 2. The van der Waals surface area contributed by atoms with Gasteiger partial charge in [0.1, 0.15) is 22.9 Å². The van der Waals surface area contributed by atoms with Crippen molar-refractivity contribution in [1.29, 1.82) is 0 Å². The SMILES string of the molecule is O=C(NCC1CC[NH2+]CC1)c1[nH]ncc1NC(=O)c1c(F)cccc1F. The number of nitrogens with one attached hydrogen (secondary N) is 3. The Morgan fingerprint density at radius 1 is 1.19 bits per heavy atom. The average molecular weight is 364 g/mol. The van der Waals surface area contributed by atoms with Gasteiger partial charge in [-0.2, -0.15) is 5.10 Å². The van der Waals surface area contributed by atoms with Gasteiger partial charge in [-0.15, -0.1) is 0 Å². The summed E-state index contributed by atoms with van der Waals surface area (Å²) < 4.78 is 27.4. The van der Waals surface area contributed by atoms with E-state index < -0.39 is 29.0 Å². The molecule has 0 saturated carbocycles. The Balaban J connectivity index is 1.66. The number of hydrogen-bond acceptors (Lipinski definition) is 3. The summed E-state index contributed by atoms with van der Waals surface area (Å²) in [5.74, 6) is -2.96. The van der Waals surface area contributed by atoms with Crippen LogP contribution in [0.4, 0.5) is 14.5 Å². The van der Waals surface area contributed by atoms with Crippen LogP contribution in [0.2, 0.25) is 0 Å². The molecule has 0 aliphatic carbocycles. The number of nitrogens with zero attached hydrogens (tertiary/aromatic N) is 1. The molecule has 138 valence electrons. The summed E-state index contributed by atoms with van der Waals surface area (Å²) in [6.07, 6.45) is 3.28. The summed E-state index contributed by atoms with van der Waals surface area (Å²) in [6.45, 7) is 2.61. The van der Waals surface area contributed by atoms with Crippen molar-refractivity contribution in [2.45, 2.75) is 12.8 Å². The van der Waals surface area contributed by atoms with Crippen molar-refractivity contribution >= 4 is 17.5 Å². The molecule has 1 saturated heterocycles. The van der Waals surface area contributed by atoms with E-state index in [-0.39, 0.29) is 11.4 Å². The van der Waals surface area contributed by atoms with Crippen LogP contribution in [-0.4, -0.2) is 41.6 Å². The maximum atomic E-state index is 13.7. The largest absolute Gasteiger partial charge is 0.350 e. The summed E-state index contributed by atoms with van der Waals surface area (Å²) in [6, 6.07) is 3.15. The van der Waals surface area contributed by atoms with Gasteiger partial charge in [-0.1, -0.05) is 6.07 Å². The number of rotatable bonds is 5. The molecule has 1 fully saturated rings. The minimum absolute atomic E-state index is 0.0393. The highest BCUT2D eigenvalue weighted by atomic mass is 19.1. The molecule has 7 nitrogen and oxygen atoms in total. The molecule has 2 heterocycles. The van der Waals surface area contributed by atoms with Gasteiger partial charge in [-0.3, -0.25) is 14.7 Å². The van der Waals surface area contributed by atoms with Crippen molar-refractivity contribution < 1.29 is 23.7 Å². The third-order valence-electron chi connectivity index (χ3n) is 4.41. The first kappa shape index (κ1) is 18.0. The summed E-state index contributed by atoms with van der Waals surface area (Å²) in [4.78, 5) is 24.5. The van der Waals surface area contributed by atoms with Crippen molar-refractivity contribution in [3.63, 3.8) is 0 Å². The monoisotopic (exact) mass is 364 g/mol. The molecule has 2 aromatic rings. The number of halogens is 2. The van der Waals surface area contributed by atoms with Gasteiger partial charge in [0, 0.05) is 19.4 Å². The molecular weight excluding hydrogens is 344 g/mol. The zero-order chi connectivity index (χ0) is 18.5. The normalized spacial score (nSPS) is 14.8. The van der Waals surface area contributed by atoms with Crippen LogP contribution < -0.4 is 16.0 Å². The summed E-state index contributed by atoms with van der Waals surface area (Å²) in [5, 5.41) is 13.6. The first-order chi connectivity index (χ1) is 12.6. The molecular formula is C17H20F2N5O2+. The molecule has 0 unspecified atom stereocenters. The number of quaternary nitrogens is 1. The Morgan fingerprint density at radius 3 is 2.58 bits per heavy atom. The second-order valence-electron chi connectivity index (χ2n) is 6.23. The van der Waals surface area contributed by atoms with Crippen LogP contribution in [0.5, 0.6) is 0 Å². The van der Waals surface area contributed by atoms with Crippen LogP contribution in [0, 0.1) is 17.6 Å². The lowest BCUT2D eigenvalue weighted by atomic mass is 9.98. The summed E-state index contributed by atoms with van der Waals surface area (Å²) >= 11 is 0. The van der Waals surface area contributed by atoms with Crippen LogP contribution in [0.1, 0.15) is 33.7 Å². The molecule has 5 N–H and O–H groups in total. The van der Waals surface area contributed by atoms with Crippen molar-refractivity contribution in [3.8, 4) is 0 Å². The van der Waals surface area contributed by atoms with Crippen LogP contribution in [0.15, 0.2) is 24.4 Å². The quantitative estimate of drug-likeness (QED) is 0.626. The number of piperidine rings is 1. The molecule has 3 rings (SSSR count). The Kier molecular flexibility index (Phi) is 5.57. The van der Waals surface area contributed by atoms with E-state index in [4.69, 9.17) is 0 Å². The smallest absolute Gasteiger partial charge is 0.271 e. The Bertz CT molecular complexity index is 782. The molecule has 26 heavy (non-hydrogen) atoms. The van der Waals surface area contributed by atoms with E-state index in [1.807, 2.05) is 0 Å². The Morgan fingerprint density at radius 2 is 1.88 bits per heavy atom. The van der Waals surface area contributed by atoms with Gasteiger partial charge in [0.25, 0.3) is 11.8 Å². The third kappa shape index (κ3) is 4.05. The van der Waals surface area contributed by atoms with Crippen molar-refractivity contribution in [3.05, 3.63) is 47.3 Å². The fourth-order valence-electron chi connectivity index (χ4n) is 2.98. The van der Waals surface area contributed by atoms with Gasteiger partial charge in [0.05, 0.1) is 25.0 Å². The number of anilines is 1. The van der Waals surface area contributed by atoms with Gasteiger partial charge in [0.2, 0.25) is 0 Å². The van der Waals surface area contributed by atoms with Gasteiger partial charge in [0.15, 0.2) is 0 Å². The summed E-state index contributed by atoms with van der Waals surface area (Å²) in [7, 11) is 0. The van der Waals surface area contributed by atoms with E-state index >= 15 is 0 Å². The minimum Gasteiger partial charge on any atom is -0.350 e. The number of amides is 2. The van der Waals surface area contributed by atoms with E-state index in [1.54, 1.807) is 0 Å². The maximum absolute atomic E-state index is 13.7. The molecule has 1 aromatic heterocycles. The lowest BCUT2D eigenvalue weighted by molar-refractivity contribution is -0.664. The van der Waals surface area contributed by atoms with E-state index in [1.165, 1.54) is 12.3 Å². The zero-order valence-corrected chi connectivity index (χ0v) is 14.0. The minimum atomic E-state index is -0.987. The number of benzene rings is 1. The highest BCUT2D eigenvalue weighted by molar-refractivity contribution is 6.08. The van der Waals surface area contributed by atoms with Crippen LogP contribution in [-0.2, 0) is 0 Å². The molecule has 0 bridgehead atoms. The highest BCUT2D eigenvalue weighted by Gasteiger charge is 2.22. The molecule has 0 radical (unpaired) electrons. The Hall–Kier alpha value is -2.81. The number of nitrogens with two attached hydrogens (primary N) is 1. The van der Waals surface area contributed by atoms with E-state index in [2.05, 4.69) is 26.1 Å². The van der Waals surface area contributed by atoms with E-state index in [0.717, 1.165) is 38.1 Å².